The molecule has 4 aromatic rings. The van der Waals surface area contributed by atoms with E-state index >= 15 is 0 Å². The lowest BCUT2D eigenvalue weighted by atomic mass is 10.1. The number of aromatic nitrogens is 6. The molecule has 1 aromatic carbocycles. The zero-order valence-electron chi connectivity index (χ0n) is 17.6. The summed E-state index contributed by atoms with van der Waals surface area (Å²) in [6.07, 6.45) is 2.80. The third-order valence-corrected chi connectivity index (χ3v) is 6.10. The molecular weight excluding hydrogens is 529 g/mol. The fourth-order valence-corrected chi connectivity index (χ4v) is 3.44. The van der Waals surface area contributed by atoms with Gasteiger partial charge in [0.2, 0.25) is 5.82 Å². The Morgan fingerprint density at radius 2 is 1.53 bits per heavy atom. The van der Waals surface area contributed by atoms with Crippen molar-refractivity contribution in [3.8, 4) is 0 Å². The minimum Gasteiger partial charge on any atom is -0.304 e. The Labute approximate surface area is 197 Å². The topological polar surface area (TPSA) is 82.6 Å². The monoisotopic (exact) mass is 543 g/mol. The first kappa shape index (κ1) is 23.6. The van der Waals surface area contributed by atoms with Gasteiger partial charge < -0.3 is 5.32 Å². The molecule has 0 aliphatic rings. The quantitative estimate of drug-likeness (QED) is 0.225. The highest BCUT2D eigenvalue weighted by Crippen LogP contribution is 2.24. The van der Waals surface area contributed by atoms with Crippen LogP contribution in [-0.2, 0) is 13.2 Å². The molecule has 0 unspecified atom stereocenters. The molecule has 14 heteroatoms. The van der Waals surface area contributed by atoms with Crippen molar-refractivity contribution in [3.05, 3.63) is 80.7 Å². The van der Waals surface area contributed by atoms with Gasteiger partial charge in [-0.15, -0.1) is 0 Å². The van der Waals surface area contributed by atoms with Crippen LogP contribution in [0.4, 0.5) is 27.8 Å². The van der Waals surface area contributed by atoms with Crippen LogP contribution in [0.25, 0.3) is 0 Å². The molecule has 0 radical (unpaired) electrons. The molecule has 8 nitrogen and oxygen atoms in total. The SMILES string of the molecule is Cc1nn(Cn2ccc(C(=O)Nc3ccn(Cc4c(F)c(F)c(F)c(F)c4F)n3)n2)c(C)c1Br. The predicted molar refractivity (Wildman–Crippen MR) is 113 cm³/mol. The highest BCUT2D eigenvalue weighted by atomic mass is 79.9. The van der Waals surface area contributed by atoms with Crippen molar-refractivity contribution >= 4 is 27.7 Å². The third-order valence-electron chi connectivity index (χ3n) is 4.95. The summed E-state index contributed by atoms with van der Waals surface area (Å²) in [5.74, 6) is -10.8. The molecule has 0 aliphatic carbocycles. The molecule has 0 atom stereocenters. The molecule has 0 aliphatic heterocycles. The molecule has 1 N–H and O–H groups in total. The van der Waals surface area contributed by atoms with Crippen molar-refractivity contribution in [1.82, 2.24) is 29.3 Å². The summed E-state index contributed by atoms with van der Waals surface area (Å²) < 4.78 is 72.7. The molecular formula is C20H15BrF5N7O. The number of carbonyl (C=O) groups excluding carboxylic acids is 1. The van der Waals surface area contributed by atoms with E-state index in [9.17, 15) is 26.7 Å². The molecule has 0 saturated carbocycles. The van der Waals surface area contributed by atoms with E-state index in [1.807, 2.05) is 13.8 Å². The van der Waals surface area contributed by atoms with Gasteiger partial charge in [-0.2, -0.15) is 15.3 Å². The van der Waals surface area contributed by atoms with Gasteiger partial charge >= 0.3 is 0 Å². The maximum Gasteiger partial charge on any atom is 0.277 e. The Kier molecular flexibility index (Phi) is 6.25. The number of hydrogen-bond donors (Lipinski definition) is 1. The number of anilines is 1. The number of rotatable bonds is 6. The summed E-state index contributed by atoms with van der Waals surface area (Å²) in [4.78, 5) is 12.5. The second-order valence-corrected chi connectivity index (χ2v) is 8.06. The normalized spacial score (nSPS) is 11.3. The molecule has 34 heavy (non-hydrogen) atoms. The van der Waals surface area contributed by atoms with Gasteiger partial charge in [-0.05, 0) is 35.8 Å². The molecule has 4 rings (SSSR count). The lowest BCUT2D eigenvalue weighted by Gasteiger charge is -2.08. The van der Waals surface area contributed by atoms with E-state index in [0.29, 0.717) is 0 Å². The first-order chi connectivity index (χ1) is 16.1. The van der Waals surface area contributed by atoms with Crippen molar-refractivity contribution in [3.63, 3.8) is 0 Å². The Bertz CT molecular complexity index is 1380. The van der Waals surface area contributed by atoms with Gasteiger partial charge in [0.15, 0.2) is 34.8 Å². The summed E-state index contributed by atoms with van der Waals surface area (Å²) in [5.41, 5.74) is 0.712. The fraction of sp³-hybridized carbons (Fsp3) is 0.200. The van der Waals surface area contributed by atoms with E-state index in [0.717, 1.165) is 20.5 Å². The predicted octanol–water partition coefficient (Wildman–Crippen LogP) is 4.16. The minimum absolute atomic E-state index is 0.00843. The Morgan fingerprint density at radius 3 is 2.15 bits per heavy atom. The molecule has 0 bridgehead atoms. The Morgan fingerprint density at radius 1 is 0.912 bits per heavy atom. The van der Waals surface area contributed by atoms with Gasteiger partial charge in [0, 0.05) is 18.5 Å². The molecule has 1 amide bonds. The van der Waals surface area contributed by atoms with E-state index in [1.54, 1.807) is 10.9 Å². The second-order valence-electron chi connectivity index (χ2n) is 7.27. The van der Waals surface area contributed by atoms with E-state index in [-0.39, 0.29) is 18.2 Å². The Balaban J connectivity index is 1.45. The van der Waals surface area contributed by atoms with Crippen LogP contribution in [0.2, 0.25) is 0 Å². The molecule has 178 valence electrons. The van der Waals surface area contributed by atoms with Gasteiger partial charge in [-0.25, -0.2) is 26.6 Å². The molecule has 0 spiro atoms. The van der Waals surface area contributed by atoms with Crippen molar-refractivity contribution in [1.29, 1.82) is 0 Å². The van der Waals surface area contributed by atoms with Crippen LogP contribution >= 0.6 is 15.9 Å². The van der Waals surface area contributed by atoms with Crippen LogP contribution < -0.4 is 5.32 Å². The summed E-state index contributed by atoms with van der Waals surface area (Å²) in [6, 6.07) is 2.77. The van der Waals surface area contributed by atoms with Gasteiger partial charge in [-0.3, -0.25) is 14.2 Å². The number of benzene rings is 1. The number of amides is 1. The highest BCUT2D eigenvalue weighted by Gasteiger charge is 2.26. The lowest BCUT2D eigenvalue weighted by molar-refractivity contribution is 0.102. The molecule has 0 fully saturated rings. The first-order valence-corrected chi connectivity index (χ1v) is 10.4. The summed E-state index contributed by atoms with van der Waals surface area (Å²) in [6.45, 7) is 3.25. The summed E-state index contributed by atoms with van der Waals surface area (Å²) in [5, 5.41) is 14.9. The smallest absolute Gasteiger partial charge is 0.277 e. The van der Waals surface area contributed by atoms with E-state index in [4.69, 9.17) is 0 Å². The largest absolute Gasteiger partial charge is 0.304 e. The lowest BCUT2D eigenvalue weighted by Crippen LogP contribution is -2.16. The van der Waals surface area contributed by atoms with Crippen LogP contribution in [0.1, 0.15) is 27.4 Å². The van der Waals surface area contributed by atoms with Crippen molar-refractivity contribution < 1.29 is 26.7 Å². The van der Waals surface area contributed by atoms with E-state index in [2.05, 4.69) is 36.5 Å². The van der Waals surface area contributed by atoms with Crippen LogP contribution in [0, 0.1) is 42.9 Å². The average Bonchev–Trinajstić information content (AvgIpc) is 3.52. The maximum atomic E-state index is 13.9. The number of carbonyl (C=O) groups is 1. The average molecular weight is 544 g/mol. The van der Waals surface area contributed by atoms with Crippen molar-refractivity contribution in [2.24, 2.45) is 0 Å². The number of nitrogens with zero attached hydrogens (tertiary/aromatic N) is 6. The Hall–Kier alpha value is -3.55. The highest BCUT2D eigenvalue weighted by molar-refractivity contribution is 9.10. The number of aryl methyl sites for hydroxylation is 1. The van der Waals surface area contributed by atoms with Crippen molar-refractivity contribution in [2.45, 2.75) is 27.1 Å². The van der Waals surface area contributed by atoms with Crippen LogP contribution in [-0.4, -0.2) is 35.2 Å². The number of nitrogens with one attached hydrogen (secondary N) is 1. The van der Waals surface area contributed by atoms with Crippen molar-refractivity contribution in [2.75, 3.05) is 5.32 Å². The van der Waals surface area contributed by atoms with Crippen LogP contribution in [0.5, 0.6) is 0 Å². The fourth-order valence-electron chi connectivity index (χ4n) is 3.16. The second kappa shape index (κ2) is 9.00. The zero-order chi connectivity index (χ0) is 24.7. The maximum absolute atomic E-state index is 13.9. The van der Waals surface area contributed by atoms with Crippen LogP contribution in [0.3, 0.4) is 0 Å². The van der Waals surface area contributed by atoms with Gasteiger partial charge in [0.1, 0.15) is 6.67 Å². The van der Waals surface area contributed by atoms with Gasteiger partial charge in [0.25, 0.3) is 5.91 Å². The number of halogens is 6. The standard InChI is InChI=1S/C20H15BrF5N7O/c1-9-14(21)10(2)33(28-9)8-32-5-3-12(29-32)20(34)27-13-4-6-31(30-13)7-11-15(22)17(24)19(26)18(25)16(11)23/h3-6H,7-8H2,1-2H3,(H,27,30,34). The summed E-state index contributed by atoms with van der Waals surface area (Å²) >= 11 is 3.44. The van der Waals surface area contributed by atoms with E-state index < -0.39 is 47.1 Å². The van der Waals surface area contributed by atoms with Crippen LogP contribution in [0.15, 0.2) is 29.0 Å². The molecule has 3 aromatic heterocycles. The molecule has 3 heterocycles. The molecule has 0 saturated heterocycles. The van der Waals surface area contributed by atoms with E-state index in [1.165, 1.54) is 23.0 Å². The first-order valence-electron chi connectivity index (χ1n) is 9.65. The number of hydrogen-bond acceptors (Lipinski definition) is 4. The van der Waals surface area contributed by atoms with Gasteiger partial charge in [-0.1, -0.05) is 0 Å². The zero-order valence-corrected chi connectivity index (χ0v) is 19.2. The third kappa shape index (κ3) is 4.32. The van der Waals surface area contributed by atoms with Gasteiger partial charge in [0.05, 0.1) is 28.0 Å². The minimum atomic E-state index is -2.24. The summed E-state index contributed by atoms with van der Waals surface area (Å²) in [7, 11) is 0.